The van der Waals surface area contributed by atoms with Gasteiger partial charge < -0.3 is 10.1 Å². The second-order valence-corrected chi connectivity index (χ2v) is 4.48. The summed E-state index contributed by atoms with van der Waals surface area (Å²) in [6.07, 6.45) is 2.15. The van der Waals surface area contributed by atoms with Gasteiger partial charge in [-0.25, -0.2) is 4.39 Å². The van der Waals surface area contributed by atoms with Gasteiger partial charge in [-0.05, 0) is 62.0 Å². The number of halogens is 1. The fraction of sp³-hybridized carbons (Fsp3) is 0.538. The predicted molar refractivity (Wildman–Crippen MR) is 62.4 cm³/mol. The standard InChI is InChI=1S/C13H18FNO/c1-9-5-13(16-2)12(14)7-11(9)6-10-3-4-15-8-10/h5,7,10,15H,3-4,6,8H2,1-2H3. The van der Waals surface area contributed by atoms with Crippen molar-refractivity contribution in [3.8, 4) is 5.75 Å². The molecule has 1 heterocycles. The number of nitrogens with one attached hydrogen (secondary N) is 1. The molecule has 1 fully saturated rings. The van der Waals surface area contributed by atoms with Gasteiger partial charge in [-0.1, -0.05) is 0 Å². The van der Waals surface area contributed by atoms with E-state index in [4.69, 9.17) is 4.74 Å². The summed E-state index contributed by atoms with van der Waals surface area (Å²) >= 11 is 0. The van der Waals surface area contributed by atoms with Gasteiger partial charge in [0.25, 0.3) is 0 Å². The number of benzene rings is 1. The molecule has 2 nitrogen and oxygen atoms in total. The number of rotatable bonds is 3. The molecule has 1 N–H and O–H groups in total. The molecule has 0 amide bonds. The maximum absolute atomic E-state index is 13.6. The van der Waals surface area contributed by atoms with Crippen molar-refractivity contribution < 1.29 is 9.13 Å². The zero-order chi connectivity index (χ0) is 11.5. The molecular formula is C13H18FNO. The number of ether oxygens (including phenoxy) is 1. The number of hydrogen-bond donors (Lipinski definition) is 1. The lowest BCUT2D eigenvalue weighted by molar-refractivity contribution is 0.385. The van der Waals surface area contributed by atoms with Crippen LogP contribution in [0.5, 0.6) is 5.75 Å². The highest BCUT2D eigenvalue weighted by molar-refractivity contribution is 5.36. The first-order chi connectivity index (χ1) is 7.70. The fourth-order valence-corrected chi connectivity index (χ4v) is 2.27. The minimum Gasteiger partial charge on any atom is -0.494 e. The van der Waals surface area contributed by atoms with Crippen molar-refractivity contribution in [2.45, 2.75) is 19.8 Å². The van der Waals surface area contributed by atoms with Crippen LogP contribution in [0.25, 0.3) is 0 Å². The Balaban J connectivity index is 2.17. The molecule has 1 aliphatic heterocycles. The van der Waals surface area contributed by atoms with Crippen molar-refractivity contribution >= 4 is 0 Å². The molecule has 88 valence electrons. The lowest BCUT2D eigenvalue weighted by atomic mass is 9.95. The minimum atomic E-state index is -0.256. The second-order valence-electron chi connectivity index (χ2n) is 4.48. The van der Waals surface area contributed by atoms with E-state index >= 15 is 0 Å². The normalized spacial score (nSPS) is 20.1. The Morgan fingerprint density at radius 3 is 2.94 bits per heavy atom. The third-order valence-electron chi connectivity index (χ3n) is 3.28. The quantitative estimate of drug-likeness (QED) is 0.849. The fourth-order valence-electron chi connectivity index (χ4n) is 2.27. The molecule has 0 bridgehead atoms. The van der Waals surface area contributed by atoms with Crippen LogP contribution in [-0.4, -0.2) is 20.2 Å². The second kappa shape index (κ2) is 4.83. The van der Waals surface area contributed by atoms with E-state index in [9.17, 15) is 4.39 Å². The Bertz CT molecular complexity index is 372. The van der Waals surface area contributed by atoms with E-state index in [1.165, 1.54) is 13.5 Å². The van der Waals surface area contributed by atoms with E-state index in [-0.39, 0.29) is 5.82 Å². The van der Waals surface area contributed by atoms with Crippen LogP contribution in [0.4, 0.5) is 4.39 Å². The van der Waals surface area contributed by atoms with Gasteiger partial charge in [0.1, 0.15) is 0 Å². The highest BCUT2D eigenvalue weighted by atomic mass is 19.1. The first kappa shape index (κ1) is 11.4. The number of aryl methyl sites for hydroxylation is 1. The maximum Gasteiger partial charge on any atom is 0.165 e. The lowest BCUT2D eigenvalue weighted by Gasteiger charge is -2.12. The SMILES string of the molecule is COc1cc(C)c(CC2CCNC2)cc1F. The third-order valence-corrected chi connectivity index (χ3v) is 3.28. The van der Waals surface area contributed by atoms with Crippen LogP contribution in [0, 0.1) is 18.7 Å². The highest BCUT2D eigenvalue weighted by Gasteiger charge is 2.17. The van der Waals surface area contributed by atoms with Gasteiger partial charge in [0.2, 0.25) is 0 Å². The van der Waals surface area contributed by atoms with Crippen LogP contribution in [0.3, 0.4) is 0 Å². The van der Waals surface area contributed by atoms with E-state index < -0.39 is 0 Å². The van der Waals surface area contributed by atoms with Gasteiger partial charge in [-0.2, -0.15) is 0 Å². The molecule has 0 saturated carbocycles. The Morgan fingerprint density at radius 2 is 2.31 bits per heavy atom. The Hall–Kier alpha value is -1.09. The van der Waals surface area contributed by atoms with Gasteiger partial charge in [0.05, 0.1) is 7.11 Å². The number of methoxy groups -OCH3 is 1. The molecule has 0 radical (unpaired) electrons. The zero-order valence-electron chi connectivity index (χ0n) is 9.85. The third kappa shape index (κ3) is 2.35. The molecule has 0 spiro atoms. The van der Waals surface area contributed by atoms with Gasteiger partial charge in [-0.15, -0.1) is 0 Å². The summed E-state index contributed by atoms with van der Waals surface area (Å²) in [7, 11) is 1.50. The summed E-state index contributed by atoms with van der Waals surface area (Å²) in [5.74, 6) is 0.728. The van der Waals surface area contributed by atoms with Gasteiger partial charge >= 0.3 is 0 Å². The molecule has 0 aromatic heterocycles. The summed E-state index contributed by atoms with van der Waals surface area (Å²) in [5.41, 5.74) is 2.22. The molecule has 0 aliphatic carbocycles. The van der Waals surface area contributed by atoms with Gasteiger partial charge in [-0.3, -0.25) is 0 Å². The molecule has 1 aromatic carbocycles. The summed E-state index contributed by atoms with van der Waals surface area (Å²) in [5, 5.41) is 3.33. The molecule has 1 saturated heterocycles. The predicted octanol–water partition coefficient (Wildman–Crippen LogP) is 2.29. The highest BCUT2D eigenvalue weighted by Crippen LogP contribution is 2.25. The smallest absolute Gasteiger partial charge is 0.165 e. The first-order valence-electron chi connectivity index (χ1n) is 5.74. The van der Waals surface area contributed by atoms with Crippen molar-refractivity contribution in [1.29, 1.82) is 0 Å². The van der Waals surface area contributed by atoms with Crippen LogP contribution in [0.2, 0.25) is 0 Å². The summed E-state index contributed by atoms with van der Waals surface area (Å²) in [4.78, 5) is 0. The first-order valence-corrected chi connectivity index (χ1v) is 5.74. The summed E-state index contributed by atoms with van der Waals surface area (Å²) < 4.78 is 18.5. The maximum atomic E-state index is 13.6. The molecular weight excluding hydrogens is 205 g/mol. The van der Waals surface area contributed by atoms with Crippen molar-refractivity contribution in [2.75, 3.05) is 20.2 Å². The van der Waals surface area contributed by atoms with Gasteiger partial charge in [0, 0.05) is 0 Å². The lowest BCUT2D eigenvalue weighted by Crippen LogP contribution is -2.11. The van der Waals surface area contributed by atoms with E-state index in [0.29, 0.717) is 11.7 Å². The Morgan fingerprint density at radius 1 is 1.50 bits per heavy atom. The molecule has 1 aromatic rings. The molecule has 1 atom stereocenters. The van der Waals surface area contributed by atoms with Crippen LogP contribution in [-0.2, 0) is 6.42 Å². The Labute approximate surface area is 95.8 Å². The summed E-state index contributed by atoms with van der Waals surface area (Å²) in [6.45, 7) is 4.15. The van der Waals surface area contributed by atoms with Crippen LogP contribution >= 0.6 is 0 Å². The van der Waals surface area contributed by atoms with E-state index in [1.807, 2.05) is 6.92 Å². The van der Waals surface area contributed by atoms with Crippen molar-refractivity contribution in [2.24, 2.45) is 5.92 Å². The largest absolute Gasteiger partial charge is 0.494 e. The van der Waals surface area contributed by atoms with E-state index in [1.54, 1.807) is 12.1 Å². The average Bonchev–Trinajstić information content (AvgIpc) is 2.75. The monoisotopic (exact) mass is 223 g/mol. The molecule has 3 heteroatoms. The van der Waals surface area contributed by atoms with E-state index in [0.717, 1.165) is 30.6 Å². The van der Waals surface area contributed by atoms with Crippen molar-refractivity contribution in [3.63, 3.8) is 0 Å². The number of hydrogen-bond acceptors (Lipinski definition) is 2. The average molecular weight is 223 g/mol. The molecule has 2 rings (SSSR count). The van der Waals surface area contributed by atoms with Crippen molar-refractivity contribution in [3.05, 3.63) is 29.1 Å². The Kier molecular flexibility index (Phi) is 3.44. The molecule has 1 unspecified atom stereocenters. The van der Waals surface area contributed by atoms with E-state index in [2.05, 4.69) is 5.32 Å². The molecule has 1 aliphatic rings. The topological polar surface area (TPSA) is 21.3 Å². The minimum absolute atomic E-state index is 0.256. The summed E-state index contributed by atoms with van der Waals surface area (Å²) in [6, 6.07) is 3.40. The zero-order valence-corrected chi connectivity index (χ0v) is 9.85. The van der Waals surface area contributed by atoms with Crippen LogP contribution in [0.1, 0.15) is 17.5 Å². The van der Waals surface area contributed by atoms with Crippen molar-refractivity contribution in [1.82, 2.24) is 5.32 Å². The van der Waals surface area contributed by atoms with Crippen LogP contribution < -0.4 is 10.1 Å². The van der Waals surface area contributed by atoms with Gasteiger partial charge in [0.15, 0.2) is 11.6 Å². The van der Waals surface area contributed by atoms with Crippen LogP contribution in [0.15, 0.2) is 12.1 Å². The molecule has 16 heavy (non-hydrogen) atoms.